The molecule has 2 saturated heterocycles. The highest BCUT2D eigenvalue weighted by atomic mass is 16.6. The normalized spacial score (nSPS) is 50.5. The predicted molar refractivity (Wildman–Crippen MR) is 61.0 cm³/mol. The monoisotopic (exact) mass is 295 g/mol. The maximum atomic E-state index is 9.86. The van der Waals surface area contributed by atoms with Crippen molar-refractivity contribution in [2.75, 3.05) is 13.2 Å². The molecule has 2 fully saturated rings. The molecule has 2 aliphatic rings. The van der Waals surface area contributed by atoms with E-state index in [0.717, 1.165) is 0 Å². The second-order valence-corrected chi connectivity index (χ2v) is 4.93. The van der Waals surface area contributed by atoms with Crippen LogP contribution in [0.2, 0.25) is 0 Å². The molecule has 2 aliphatic heterocycles. The number of rotatable bonds is 3. The Morgan fingerprint density at radius 1 is 0.750 bits per heavy atom. The molecule has 0 bridgehead atoms. The van der Waals surface area contributed by atoms with E-state index in [1.165, 1.54) is 0 Å². The Balaban J connectivity index is 2.15. The Labute approximate surface area is 114 Å². The number of aliphatic hydroxyl groups is 7. The number of hydrogen-bond acceptors (Lipinski definition) is 9. The molecule has 0 spiro atoms. The smallest absolute Gasteiger partial charge is 0.160 e. The lowest BCUT2D eigenvalue weighted by atomic mass is 9.90. The maximum absolute atomic E-state index is 9.86. The third-order valence-electron chi connectivity index (χ3n) is 3.64. The highest BCUT2D eigenvalue weighted by Crippen LogP contribution is 2.36. The summed E-state index contributed by atoms with van der Waals surface area (Å²) >= 11 is 0. The van der Waals surface area contributed by atoms with Gasteiger partial charge in [0, 0.05) is 0 Å². The molecular formula is C11H19O9. The van der Waals surface area contributed by atoms with Crippen LogP contribution in [0, 0.1) is 6.10 Å². The Hall–Kier alpha value is -0.360. The van der Waals surface area contributed by atoms with Crippen molar-refractivity contribution >= 4 is 0 Å². The standard InChI is InChI=1S/C11H19O9/c12-1-3-5(14)7(16)9(18)11(19-3)10-8(17)6(15)4(2-13)20-10/h3-10,12-18H,1-2H2/t3-,4-,5-,6+,7+,8-,9+,10?/m1/s1. The third kappa shape index (κ3) is 2.56. The molecule has 0 aromatic rings. The summed E-state index contributed by atoms with van der Waals surface area (Å²) in [5, 5.41) is 66.7. The molecule has 9 nitrogen and oxygen atoms in total. The number of ether oxygens (including phenoxy) is 2. The van der Waals surface area contributed by atoms with Crippen molar-refractivity contribution in [1.29, 1.82) is 0 Å². The van der Waals surface area contributed by atoms with E-state index in [1.54, 1.807) is 0 Å². The third-order valence-corrected chi connectivity index (χ3v) is 3.64. The molecule has 9 heteroatoms. The molecular weight excluding hydrogens is 276 g/mol. The highest BCUT2D eigenvalue weighted by Gasteiger charge is 2.54. The van der Waals surface area contributed by atoms with Gasteiger partial charge < -0.3 is 45.2 Å². The largest absolute Gasteiger partial charge is 0.394 e. The van der Waals surface area contributed by atoms with Gasteiger partial charge in [-0.3, -0.25) is 0 Å². The van der Waals surface area contributed by atoms with Crippen LogP contribution in [0.3, 0.4) is 0 Å². The van der Waals surface area contributed by atoms with Crippen LogP contribution >= 0.6 is 0 Å². The Kier molecular flexibility index (Phi) is 4.95. The van der Waals surface area contributed by atoms with E-state index < -0.39 is 62.0 Å². The molecule has 2 rings (SSSR count). The van der Waals surface area contributed by atoms with Gasteiger partial charge in [-0.25, -0.2) is 0 Å². The second-order valence-electron chi connectivity index (χ2n) is 4.93. The first-order valence-electron chi connectivity index (χ1n) is 6.23. The molecule has 2 heterocycles. The second kappa shape index (κ2) is 6.18. The Morgan fingerprint density at radius 3 is 1.80 bits per heavy atom. The summed E-state index contributed by atoms with van der Waals surface area (Å²) in [6, 6.07) is 0. The molecule has 1 radical (unpaired) electrons. The first kappa shape index (κ1) is 16.0. The molecule has 0 aliphatic carbocycles. The van der Waals surface area contributed by atoms with Crippen molar-refractivity contribution in [3.05, 3.63) is 6.10 Å². The molecule has 20 heavy (non-hydrogen) atoms. The van der Waals surface area contributed by atoms with Crippen LogP contribution in [0.15, 0.2) is 0 Å². The molecule has 117 valence electrons. The van der Waals surface area contributed by atoms with Gasteiger partial charge in [0.15, 0.2) is 6.10 Å². The van der Waals surface area contributed by atoms with E-state index in [1.807, 2.05) is 0 Å². The summed E-state index contributed by atoms with van der Waals surface area (Å²) in [6.45, 7) is -1.17. The van der Waals surface area contributed by atoms with E-state index in [2.05, 4.69) is 0 Å². The molecule has 7 N–H and O–H groups in total. The van der Waals surface area contributed by atoms with Gasteiger partial charge in [0.1, 0.15) is 48.8 Å². The summed E-state index contributed by atoms with van der Waals surface area (Å²) < 4.78 is 10.3. The van der Waals surface area contributed by atoms with Crippen LogP contribution in [-0.2, 0) is 9.47 Å². The summed E-state index contributed by atoms with van der Waals surface area (Å²) in [5.74, 6) is 0. The zero-order chi connectivity index (χ0) is 15.0. The van der Waals surface area contributed by atoms with Crippen molar-refractivity contribution < 1.29 is 45.2 Å². The predicted octanol–water partition coefficient (Wildman–Crippen LogP) is -4.53. The van der Waals surface area contributed by atoms with Crippen molar-refractivity contribution in [3.8, 4) is 0 Å². The lowest BCUT2D eigenvalue weighted by molar-refractivity contribution is -0.214. The number of aliphatic hydroxyl groups excluding tert-OH is 7. The zero-order valence-electron chi connectivity index (χ0n) is 10.5. The van der Waals surface area contributed by atoms with Gasteiger partial charge in [0.05, 0.1) is 13.2 Å². The van der Waals surface area contributed by atoms with E-state index >= 15 is 0 Å². The highest BCUT2D eigenvalue weighted by molar-refractivity contribution is 5.12. The van der Waals surface area contributed by atoms with E-state index in [-0.39, 0.29) is 6.10 Å². The van der Waals surface area contributed by atoms with Gasteiger partial charge in [-0.05, 0) is 0 Å². The maximum Gasteiger partial charge on any atom is 0.160 e. The average Bonchev–Trinajstić information content (AvgIpc) is 2.73. The molecule has 0 aromatic carbocycles. The van der Waals surface area contributed by atoms with Crippen LogP contribution in [0.4, 0.5) is 0 Å². The fourth-order valence-electron chi connectivity index (χ4n) is 2.40. The van der Waals surface area contributed by atoms with Crippen molar-refractivity contribution in [3.63, 3.8) is 0 Å². The Bertz CT molecular complexity index is 325. The Morgan fingerprint density at radius 2 is 1.30 bits per heavy atom. The van der Waals surface area contributed by atoms with Gasteiger partial charge in [-0.2, -0.15) is 0 Å². The van der Waals surface area contributed by atoms with Crippen LogP contribution in [0.5, 0.6) is 0 Å². The van der Waals surface area contributed by atoms with Crippen LogP contribution in [-0.4, -0.2) is 97.8 Å². The minimum Gasteiger partial charge on any atom is -0.394 e. The summed E-state index contributed by atoms with van der Waals surface area (Å²) in [6.07, 6.45) is -11.5. The molecule has 0 saturated carbocycles. The van der Waals surface area contributed by atoms with Gasteiger partial charge in [0.25, 0.3) is 0 Å². The summed E-state index contributed by atoms with van der Waals surface area (Å²) in [4.78, 5) is 0. The van der Waals surface area contributed by atoms with Crippen LogP contribution in [0.25, 0.3) is 0 Å². The van der Waals surface area contributed by atoms with Gasteiger partial charge in [-0.1, -0.05) is 0 Å². The van der Waals surface area contributed by atoms with E-state index in [4.69, 9.17) is 19.7 Å². The average molecular weight is 295 g/mol. The topological polar surface area (TPSA) is 160 Å². The minimum atomic E-state index is -1.66. The lowest BCUT2D eigenvalue weighted by Crippen LogP contribution is -2.59. The fraction of sp³-hybridized carbons (Fsp3) is 0.909. The van der Waals surface area contributed by atoms with Gasteiger partial charge >= 0.3 is 0 Å². The fourth-order valence-corrected chi connectivity index (χ4v) is 2.40. The summed E-state index contributed by atoms with van der Waals surface area (Å²) in [5.41, 5.74) is 0. The van der Waals surface area contributed by atoms with Gasteiger partial charge in [0.2, 0.25) is 0 Å². The lowest BCUT2D eigenvalue weighted by Gasteiger charge is -2.41. The molecule has 8 atom stereocenters. The SMILES string of the molecule is OC[C@H]1O[C](C2O[C@H](CO)[C@H](O)[C@H]2O)[C@@H](O)[C@@H](O)[C@@H]1O. The molecule has 0 aromatic heterocycles. The number of hydrogen-bond donors (Lipinski definition) is 7. The quantitative estimate of drug-likeness (QED) is 0.272. The van der Waals surface area contributed by atoms with E-state index in [9.17, 15) is 25.5 Å². The molecule has 1 unspecified atom stereocenters. The molecule has 0 amide bonds. The van der Waals surface area contributed by atoms with Crippen LogP contribution < -0.4 is 0 Å². The van der Waals surface area contributed by atoms with Crippen molar-refractivity contribution in [2.45, 2.75) is 48.8 Å². The van der Waals surface area contributed by atoms with Crippen molar-refractivity contribution in [2.24, 2.45) is 0 Å². The van der Waals surface area contributed by atoms with Crippen molar-refractivity contribution in [1.82, 2.24) is 0 Å². The zero-order valence-corrected chi connectivity index (χ0v) is 10.5. The van der Waals surface area contributed by atoms with Crippen LogP contribution in [0.1, 0.15) is 0 Å². The summed E-state index contributed by atoms with van der Waals surface area (Å²) in [7, 11) is 0. The minimum absolute atomic E-state index is 0.302. The van der Waals surface area contributed by atoms with Gasteiger partial charge in [-0.15, -0.1) is 0 Å². The van der Waals surface area contributed by atoms with E-state index in [0.29, 0.717) is 0 Å². The first-order valence-corrected chi connectivity index (χ1v) is 6.23. The first-order chi connectivity index (χ1) is 9.42.